The molecule has 0 unspecified atom stereocenters. The molecule has 40 heavy (non-hydrogen) atoms. The average Bonchev–Trinajstić information content (AvgIpc) is 3.60. The number of fused-ring (bicyclic) bond motifs is 3. The van der Waals surface area contributed by atoms with E-state index in [0.29, 0.717) is 6.54 Å². The molecule has 5 nitrogen and oxygen atoms in total. The van der Waals surface area contributed by atoms with E-state index in [9.17, 15) is 4.79 Å². The zero-order chi connectivity index (χ0) is 27.1. The number of rotatable bonds is 6. The van der Waals surface area contributed by atoms with Gasteiger partial charge in [0, 0.05) is 30.3 Å². The van der Waals surface area contributed by atoms with Gasteiger partial charge in [0.05, 0.1) is 29.5 Å². The summed E-state index contributed by atoms with van der Waals surface area (Å²) in [6, 6.07) is 41.7. The van der Waals surface area contributed by atoms with Crippen molar-refractivity contribution in [2.75, 3.05) is 0 Å². The van der Waals surface area contributed by atoms with Crippen LogP contribution < -0.4 is 5.56 Å². The zero-order valence-corrected chi connectivity index (χ0v) is 22.2. The summed E-state index contributed by atoms with van der Waals surface area (Å²) in [6.07, 6.45) is 5.85. The van der Waals surface area contributed by atoms with Crippen LogP contribution in [0.4, 0.5) is 0 Å². The fraction of sp³-hybridized carbons (Fsp3) is 0.0857. The molecule has 0 fully saturated rings. The molecule has 7 aromatic rings. The normalized spacial score (nSPS) is 11.8. The maximum atomic E-state index is 13.7. The Morgan fingerprint density at radius 3 is 1.82 bits per heavy atom. The lowest BCUT2D eigenvalue weighted by Gasteiger charge is -2.37. The van der Waals surface area contributed by atoms with Gasteiger partial charge in [-0.05, 0) is 28.8 Å². The first-order chi connectivity index (χ1) is 19.7. The van der Waals surface area contributed by atoms with Crippen molar-refractivity contribution in [3.63, 3.8) is 0 Å². The molecule has 4 aromatic carbocycles. The lowest BCUT2D eigenvalue weighted by Crippen LogP contribution is -2.37. The van der Waals surface area contributed by atoms with Gasteiger partial charge in [-0.15, -0.1) is 0 Å². The number of benzene rings is 4. The summed E-state index contributed by atoms with van der Waals surface area (Å²) in [6.45, 7) is 0.374. The van der Waals surface area contributed by atoms with Crippen molar-refractivity contribution in [3.05, 3.63) is 173 Å². The third-order valence-electron chi connectivity index (χ3n) is 7.97. The minimum absolute atomic E-state index is 0.00992. The summed E-state index contributed by atoms with van der Waals surface area (Å²) >= 11 is 0. The van der Waals surface area contributed by atoms with Crippen LogP contribution in [0.25, 0.3) is 21.8 Å². The van der Waals surface area contributed by atoms with Crippen LogP contribution in [0.3, 0.4) is 0 Å². The van der Waals surface area contributed by atoms with Gasteiger partial charge in [-0.3, -0.25) is 4.79 Å². The largest absolute Gasteiger partial charge is 0.343 e. The molecule has 0 aliphatic carbocycles. The van der Waals surface area contributed by atoms with Crippen molar-refractivity contribution < 1.29 is 0 Å². The van der Waals surface area contributed by atoms with Crippen molar-refractivity contribution >= 4 is 21.8 Å². The molecule has 0 amide bonds. The van der Waals surface area contributed by atoms with E-state index in [1.54, 1.807) is 4.57 Å². The summed E-state index contributed by atoms with van der Waals surface area (Å²) in [5.74, 6) is 0. The van der Waals surface area contributed by atoms with E-state index < -0.39 is 5.54 Å². The second-order valence-corrected chi connectivity index (χ2v) is 10.2. The lowest BCUT2D eigenvalue weighted by molar-refractivity contribution is 0.514. The van der Waals surface area contributed by atoms with E-state index in [1.807, 2.05) is 62.0 Å². The predicted molar refractivity (Wildman–Crippen MR) is 161 cm³/mol. The second-order valence-electron chi connectivity index (χ2n) is 10.2. The van der Waals surface area contributed by atoms with Gasteiger partial charge >= 0.3 is 0 Å². The van der Waals surface area contributed by atoms with Crippen LogP contribution >= 0.6 is 0 Å². The summed E-state index contributed by atoms with van der Waals surface area (Å²) in [7, 11) is 2.01. The quantitative estimate of drug-likeness (QED) is 0.233. The van der Waals surface area contributed by atoms with Crippen LogP contribution in [0.2, 0.25) is 0 Å². The van der Waals surface area contributed by atoms with Gasteiger partial charge in [0.25, 0.3) is 5.56 Å². The summed E-state index contributed by atoms with van der Waals surface area (Å²) in [5.41, 5.74) is 5.54. The molecule has 0 radical (unpaired) electrons. The van der Waals surface area contributed by atoms with Crippen LogP contribution in [-0.2, 0) is 19.1 Å². The highest BCUT2D eigenvalue weighted by molar-refractivity contribution is 6.07. The van der Waals surface area contributed by atoms with Crippen molar-refractivity contribution in [1.29, 1.82) is 0 Å². The Hall–Kier alpha value is -5.16. The van der Waals surface area contributed by atoms with E-state index >= 15 is 0 Å². The number of aryl methyl sites for hydroxylation is 1. The van der Waals surface area contributed by atoms with Gasteiger partial charge in [0.1, 0.15) is 5.54 Å². The lowest BCUT2D eigenvalue weighted by atomic mass is 9.77. The van der Waals surface area contributed by atoms with E-state index in [4.69, 9.17) is 4.98 Å². The van der Waals surface area contributed by atoms with Gasteiger partial charge < -0.3 is 13.7 Å². The van der Waals surface area contributed by atoms with Gasteiger partial charge in [0.15, 0.2) is 0 Å². The maximum absolute atomic E-state index is 13.7. The Morgan fingerprint density at radius 2 is 1.23 bits per heavy atom. The number of hydrogen-bond donors (Lipinski definition) is 0. The average molecular weight is 521 g/mol. The van der Waals surface area contributed by atoms with Crippen molar-refractivity contribution in [3.8, 4) is 0 Å². The molecule has 0 atom stereocenters. The number of para-hydroxylation sites is 1. The monoisotopic (exact) mass is 520 g/mol. The summed E-state index contributed by atoms with van der Waals surface area (Å²) in [4.78, 5) is 18.6. The first-order valence-electron chi connectivity index (χ1n) is 13.4. The Balaban J connectivity index is 1.39. The topological polar surface area (TPSA) is 44.8 Å². The number of pyridine rings is 1. The molecule has 7 rings (SSSR count). The van der Waals surface area contributed by atoms with E-state index in [2.05, 4.69) is 94.2 Å². The van der Waals surface area contributed by atoms with Gasteiger partial charge in [-0.1, -0.05) is 109 Å². The van der Waals surface area contributed by atoms with Crippen molar-refractivity contribution in [2.45, 2.75) is 12.1 Å². The molecule has 0 N–H and O–H groups in total. The van der Waals surface area contributed by atoms with Crippen LogP contribution in [-0.4, -0.2) is 18.7 Å². The molecule has 3 heterocycles. The smallest absolute Gasteiger partial charge is 0.260 e. The molecular formula is C35H28N4O. The third-order valence-corrected chi connectivity index (χ3v) is 7.97. The minimum Gasteiger partial charge on any atom is -0.343 e. The predicted octanol–water partition coefficient (Wildman–Crippen LogP) is 6.58. The fourth-order valence-corrected chi connectivity index (χ4v) is 6.12. The summed E-state index contributed by atoms with van der Waals surface area (Å²) < 4.78 is 6.03. The Labute approximate surface area is 232 Å². The van der Waals surface area contributed by atoms with E-state index in [-0.39, 0.29) is 5.56 Å². The molecule has 5 heteroatoms. The Morgan fingerprint density at radius 1 is 0.675 bits per heavy atom. The molecule has 194 valence electrons. The molecule has 0 bridgehead atoms. The van der Waals surface area contributed by atoms with Gasteiger partial charge in [0.2, 0.25) is 0 Å². The number of imidazole rings is 1. The first-order valence-corrected chi connectivity index (χ1v) is 13.4. The highest BCUT2D eigenvalue weighted by atomic mass is 16.1. The minimum atomic E-state index is -0.639. The van der Waals surface area contributed by atoms with E-state index in [0.717, 1.165) is 44.2 Å². The highest BCUT2D eigenvalue weighted by Gasteiger charge is 2.38. The van der Waals surface area contributed by atoms with Crippen LogP contribution in [0.5, 0.6) is 0 Å². The molecular weight excluding hydrogens is 492 g/mol. The van der Waals surface area contributed by atoms with Gasteiger partial charge in [-0.25, -0.2) is 4.98 Å². The fourth-order valence-electron chi connectivity index (χ4n) is 6.12. The third kappa shape index (κ3) is 3.62. The van der Waals surface area contributed by atoms with Crippen LogP contribution in [0.15, 0.2) is 145 Å². The standard InChI is InChI=1S/C35H28N4O/c1-37-31-20-12-11-19-30(31)33-32(37)21-22-38(34(33)40)23-29-24-39(25-36-29)35(26-13-5-2-6-14-26,27-15-7-3-8-16-27)28-17-9-4-10-18-28/h2-22,24-25H,23H2,1H3. The molecule has 3 aromatic heterocycles. The molecule has 0 saturated carbocycles. The molecule has 0 saturated heterocycles. The molecule has 0 spiro atoms. The number of nitrogens with zero attached hydrogens (tertiary/aromatic N) is 4. The SMILES string of the molecule is Cn1c2ccccc2c2c(=O)n(Cc3cn(C(c4ccccc4)(c4ccccc4)c4ccccc4)cn3)ccc21. The van der Waals surface area contributed by atoms with Crippen molar-refractivity contribution in [1.82, 2.24) is 18.7 Å². The Bertz CT molecular complexity index is 1900. The molecule has 0 aliphatic rings. The highest BCUT2D eigenvalue weighted by Crippen LogP contribution is 2.40. The van der Waals surface area contributed by atoms with Crippen molar-refractivity contribution in [2.24, 2.45) is 7.05 Å². The van der Waals surface area contributed by atoms with Gasteiger partial charge in [-0.2, -0.15) is 0 Å². The second kappa shape index (κ2) is 9.54. The Kier molecular flexibility index (Phi) is 5.71. The first kappa shape index (κ1) is 23.9. The van der Waals surface area contributed by atoms with Crippen LogP contribution in [0.1, 0.15) is 22.4 Å². The molecule has 0 aliphatic heterocycles. The van der Waals surface area contributed by atoms with E-state index in [1.165, 1.54) is 0 Å². The number of hydrogen-bond acceptors (Lipinski definition) is 2. The summed E-state index contributed by atoms with van der Waals surface area (Å²) in [5, 5.41) is 1.72. The number of aromatic nitrogens is 4. The van der Waals surface area contributed by atoms with Crippen LogP contribution in [0, 0.1) is 0 Å². The zero-order valence-electron chi connectivity index (χ0n) is 22.2. The maximum Gasteiger partial charge on any atom is 0.260 e.